The molecule has 1 aromatic heterocycles. The second-order valence-corrected chi connectivity index (χ2v) is 6.44. The maximum atomic E-state index is 12.8. The van der Waals surface area contributed by atoms with Crippen molar-refractivity contribution in [2.75, 3.05) is 30.4 Å². The maximum absolute atomic E-state index is 12.8. The molecule has 2 atom stereocenters. The minimum Gasteiger partial charge on any atom is -0.326 e. The molecule has 2 aromatic rings. The van der Waals surface area contributed by atoms with Gasteiger partial charge in [-0.05, 0) is 23.8 Å². The van der Waals surface area contributed by atoms with Gasteiger partial charge in [-0.15, -0.1) is 12.4 Å². The van der Waals surface area contributed by atoms with E-state index in [1.807, 2.05) is 37.6 Å². The Labute approximate surface area is 159 Å². The van der Waals surface area contributed by atoms with E-state index in [1.165, 1.54) is 6.92 Å². The molecular formula is C18H24ClN5O2. The van der Waals surface area contributed by atoms with Crippen molar-refractivity contribution in [1.82, 2.24) is 15.1 Å². The third-order valence-electron chi connectivity index (χ3n) is 4.68. The lowest BCUT2D eigenvalue weighted by Gasteiger charge is -2.19. The lowest BCUT2D eigenvalue weighted by atomic mass is 9.90. The summed E-state index contributed by atoms with van der Waals surface area (Å²) < 4.78 is 1.75. The molecule has 1 aliphatic rings. The fraction of sp³-hybridized carbons (Fsp3) is 0.389. The molecule has 8 heteroatoms. The van der Waals surface area contributed by atoms with Crippen LogP contribution >= 0.6 is 12.4 Å². The van der Waals surface area contributed by atoms with Crippen LogP contribution in [0.15, 0.2) is 36.7 Å². The van der Waals surface area contributed by atoms with Crippen LogP contribution in [0.3, 0.4) is 0 Å². The van der Waals surface area contributed by atoms with Gasteiger partial charge in [0, 0.05) is 57.6 Å². The number of nitrogens with one attached hydrogen (secondary N) is 2. The van der Waals surface area contributed by atoms with E-state index < -0.39 is 0 Å². The van der Waals surface area contributed by atoms with Gasteiger partial charge in [0.1, 0.15) is 0 Å². The Kier molecular flexibility index (Phi) is 6.39. The van der Waals surface area contributed by atoms with E-state index in [1.54, 1.807) is 22.7 Å². The number of aryl methyl sites for hydroxylation is 1. The average molecular weight is 378 g/mol. The van der Waals surface area contributed by atoms with Crippen LogP contribution in [-0.2, 0) is 16.6 Å². The largest absolute Gasteiger partial charge is 0.326 e. The minimum absolute atomic E-state index is 0. The highest BCUT2D eigenvalue weighted by atomic mass is 35.5. The molecule has 0 bridgehead atoms. The molecule has 0 aliphatic carbocycles. The summed E-state index contributed by atoms with van der Waals surface area (Å²) in [6, 6.07) is 7.31. The third-order valence-corrected chi connectivity index (χ3v) is 4.68. The van der Waals surface area contributed by atoms with Crippen LogP contribution in [0.2, 0.25) is 0 Å². The lowest BCUT2D eigenvalue weighted by molar-refractivity contribution is -0.119. The molecule has 1 fully saturated rings. The van der Waals surface area contributed by atoms with Crippen molar-refractivity contribution in [2.45, 2.75) is 12.8 Å². The third kappa shape index (κ3) is 4.23. The van der Waals surface area contributed by atoms with Crippen molar-refractivity contribution in [3.8, 4) is 0 Å². The van der Waals surface area contributed by atoms with E-state index in [0.29, 0.717) is 12.2 Å². The summed E-state index contributed by atoms with van der Waals surface area (Å²) in [5, 5.41) is 10.5. The Hall–Kier alpha value is -2.38. The number of carbonyl (C=O) groups excluding carboxylic acids is 2. The first-order chi connectivity index (χ1) is 12.0. The van der Waals surface area contributed by atoms with Crippen molar-refractivity contribution < 1.29 is 9.59 Å². The highest BCUT2D eigenvalue weighted by Crippen LogP contribution is 2.29. The molecular weight excluding hydrogens is 354 g/mol. The standard InChI is InChI=1S/C18H23N5O2.ClH/c1-12(24)23(3)15-6-4-5-14(7-15)21-18(25)17-10-19-9-16(17)13-8-20-22(2)11-13;/h4-8,11,16-17,19H,9-10H2,1-3H3,(H,21,25);1H/t16-,17+;/m1./s1. The molecule has 0 unspecified atom stereocenters. The summed E-state index contributed by atoms with van der Waals surface area (Å²) in [4.78, 5) is 25.8. The number of benzene rings is 1. The number of aromatic nitrogens is 2. The molecule has 1 aromatic carbocycles. The zero-order chi connectivity index (χ0) is 18.0. The highest BCUT2D eigenvalue weighted by Gasteiger charge is 2.34. The Morgan fingerprint density at radius 3 is 2.77 bits per heavy atom. The topological polar surface area (TPSA) is 79.3 Å². The summed E-state index contributed by atoms with van der Waals surface area (Å²) in [7, 11) is 3.58. The van der Waals surface area contributed by atoms with Gasteiger partial charge < -0.3 is 15.5 Å². The molecule has 7 nitrogen and oxygen atoms in total. The molecule has 140 valence electrons. The minimum atomic E-state index is -0.154. The summed E-state index contributed by atoms with van der Waals surface area (Å²) >= 11 is 0. The zero-order valence-corrected chi connectivity index (χ0v) is 15.9. The van der Waals surface area contributed by atoms with E-state index in [-0.39, 0.29) is 36.1 Å². The maximum Gasteiger partial charge on any atom is 0.229 e. The molecule has 2 amide bonds. The van der Waals surface area contributed by atoms with Gasteiger partial charge in [-0.2, -0.15) is 5.10 Å². The normalized spacial score (nSPS) is 18.9. The molecule has 1 aliphatic heterocycles. The predicted octanol–water partition coefficient (Wildman–Crippen LogP) is 1.77. The number of amides is 2. The summed E-state index contributed by atoms with van der Waals surface area (Å²) in [6.07, 6.45) is 3.78. The number of rotatable bonds is 4. The highest BCUT2D eigenvalue weighted by molar-refractivity contribution is 5.95. The SMILES string of the molecule is CC(=O)N(C)c1cccc(NC(=O)[C@H]2CNC[C@@H]2c2cnn(C)c2)c1.Cl. The van der Waals surface area contributed by atoms with Crippen LogP contribution in [0.25, 0.3) is 0 Å². The van der Waals surface area contributed by atoms with Crippen molar-refractivity contribution in [1.29, 1.82) is 0 Å². The summed E-state index contributed by atoms with van der Waals surface area (Å²) in [5.41, 5.74) is 2.50. The molecule has 2 N–H and O–H groups in total. The van der Waals surface area contributed by atoms with Gasteiger partial charge in [-0.3, -0.25) is 14.3 Å². The molecule has 1 saturated heterocycles. The number of halogens is 1. The Morgan fingerprint density at radius 1 is 1.35 bits per heavy atom. The van der Waals surface area contributed by atoms with Crippen molar-refractivity contribution in [3.05, 3.63) is 42.2 Å². The quantitative estimate of drug-likeness (QED) is 0.851. The zero-order valence-electron chi connectivity index (χ0n) is 15.1. The Balaban J connectivity index is 0.00000243. The van der Waals surface area contributed by atoms with Crippen LogP contribution < -0.4 is 15.5 Å². The van der Waals surface area contributed by atoms with E-state index in [9.17, 15) is 9.59 Å². The van der Waals surface area contributed by atoms with Crippen molar-refractivity contribution >= 4 is 35.6 Å². The van der Waals surface area contributed by atoms with Gasteiger partial charge >= 0.3 is 0 Å². The predicted molar refractivity (Wildman–Crippen MR) is 104 cm³/mol. The lowest BCUT2D eigenvalue weighted by Crippen LogP contribution is -2.28. The molecule has 2 heterocycles. The fourth-order valence-electron chi connectivity index (χ4n) is 3.15. The molecule has 26 heavy (non-hydrogen) atoms. The monoisotopic (exact) mass is 377 g/mol. The Morgan fingerprint density at radius 2 is 2.12 bits per heavy atom. The molecule has 0 spiro atoms. The smallest absolute Gasteiger partial charge is 0.229 e. The van der Waals surface area contributed by atoms with Crippen LogP contribution in [0, 0.1) is 5.92 Å². The summed E-state index contributed by atoms with van der Waals surface area (Å²) in [5.74, 6) is -0.128. The molecule has 3 rings (SSSR count). The van der Waals surface area contributed by atoms with Gasteiger partial charge in [0.05, 0.1) is 12.1 Å². The van der Waals surface area contributed by atoms with Crippen LogP contribution in [-0.4, -0.2) is 41.7 Å². The van der Waals surface area contributed by atoms with Gasteiger partial charge in [0.15, 0.2) is 0 Å². The number of nitrogens with zero attached hydrogens (tertiary/aromatic N) is 3. The van der Waals surface area contributed by atoms with Crippen LogP contribution in [0.4, 0.5) is 11.4 Å². The van der Waals surface area contributed by atoms with Crippen molar-refractivity contribution in [2.24, 2.45) is 13.0 Å². The van der Waals surface area contributed by atoms with E-state index in [4.69, 9.17) is 0 Å². The molecule has 0 saturated carbocycles. The van der Waals surface area contributed by atoms with E-state index >= 15 is 0 Å². The van der Waals surface area contributed by atoms with Gasteiger partial charge in [-0.1, -0.05) is 6.07 Å². The van der Waals surface area contributed by atoms with Gasteiger partial charge in [0.25, 0.3) is 0 Å². The van der Waals surface area contributed by atoms with Crippen LogP contribution in [0.5, 0.6) is 0 Å². The second-order valence-electron chi connectivity index (χ2n) is 6.44. The fourth-order valence-corrected chi connectivity index (χ4v) is 3.15. The average Bonchev–Trinajstić information content (AvgIpc) is 3.22. The van der Waals surface area contributed by atoms with Gasteiger partial charge in [-0.25, -0.2) is 0 Å². The van der Waals surface area contributed by atoms with Gasteiger partial charge in [0.2, 0.25) is 11.8 Å². The first-order valence-electron chi connectivity index (χ1n) is 8.30. The number of carbonyl (C=O) groups is 2. The number of hydrogen-bond acceptors (Lipinski definition) is 4. The first-order valence-corrected chi connectivity index (χ1v) is 8.30. The Bertz CT molecular complexity index is 791. The first kappa shape index (κ1) is 19.9. The molecule has 0 radical (unpaired) electrons. The number of anilines is 2. The summed E-state index contributed by atoms with van der Waals surface area (Å²) in [6.45, 7) is 2.91. The van der Waals surface area contributed by atoms with E-state index in [2.05, 4.69) is 15.7 Å². The van der Waals surface area contributed by atoms with E-state index in [0.717, 1.165) is 17.8 Å². The van der Waals surface area contributed by atoms with Crippen molar-refractivity contribution in [3.63, 3.8) is 0 Å². The second kappa shape index (κ2) is 8.33. The number of hydrogen-bond donors (Lipinski definition) is 2. The van der Waals surface area contributed by atoms with Crippen LogP contribution in [0.1, 0.15) is 18.4 Å².